The normalized spacial score (nSPS) is 16.1. The third-order valence-electron chi connectivity index (χ3n) is 9.58. The zero-order valence-electron chi connectivity index (χ0n) is 28.8. The van der Waals surface area contributed by atoms with E-state index >= 15 is 0 Å². The monoisotopic (exact) mass is 657 g/mol. The molecule has 246 valence electrons. The molecule has 2 heterocycles. The van der Waals surface area contributed by atoms with Gasteiger partial charge in [-0.05, 0) is 87.5 Å². The predicted octanol–water partition coefficient (Wildman–Crippen LogP) is 12.0. The van der Waals surface area contributed by atoms with E-state index in [9.17, 15) is 0 Å². The molecule has 6 aromatic rings. The van der Waals surface area contributed by atoms with Gasteiger partial charge in [-0.2, -0.15) is 0 Å². The Hall–Kier alpha value is -6.24. The lowest BCUT2D eigenvalue weighted by Gasteiger charge is -2.24. The maximum atomic E-state index is 5.22. The summed E-state index contributed by atoms with van der Waals surface area (Å²) in [5.41, 5.74) is 11.1. The molecule has 1 aliphatic carbocycles. The van der Waals surface area contributed by atoms with Crippen molar-refractivity contribution in [2.45, 2.75) is 38.8 Å². The molecule has 5 aromatic carbocycles. The molecule has 1 unspecified atom stereocenters. The Bertz CT molecular complexity index is 2380. The van der Waals surface area contributed by atoms with Crippen molar-refractivity contribution >= 4 is 33.0 Å². The molecule has 3 heteroatoms. The van der Waals surface area contributed by atoms with Gasteiger partial charge in [0.05, 0.1) is 5.70 Å². The standard InChI is InChI=1S/C48H39N3/c1-2-11-34(35-12-4-3-5-13-35)17-10-18-44-31-47(39-25-23-38(24-26-39)46-33-49-32-43-16-8-9-19-45(43)46)51-48(50-44)40-27-20-37(21-28-40)42-29-22-36-14-6-7-15-41(36)30-42/h4,6-17,19-23,25,27-33,48,51H,2-3,5,18H2,1H3/b17-10-,34-11+. The van der Waals surface area contributed by atoms with Crippen molar-refractivity contribution in [2.75, 3.05) is 0 Å². The fourth-order valence-electron chi connectivity index (χ4n) is 6.91. The number of nitrogens with zero attached hydrogens (tertiary/aromatic N) is 2. The van der Waals surface area contributed by atoms with E-state index in [0.29, 0.717) is 0 Å². The zero-order valence-corrected chi connectivity index (χ0v) is 28.8. The number of aliphatic imine (C=N–C) groups is 1. The van der Waals surface area contributed by atoms with Crippen molar-refractivity contribution in [3.8, 4) is 22.3 Å². The van der Waals surface area contributed by atoms with Crippen molar-refractivity contribution < 1.29 is 0 Å². The first kappa shape index (κ1) is 32.0. The van der Waals surface area contributed by atoms with Gasteiger partial charge in [-0.3, -0.25) is 9.98 Å². The van der Waals surface area contributed by atoms with Crippen LogP contribution in [0.3, 0.4) is 0 Å². The van der Waals surface area contributed by atoms with Gasteiger partial charge in [-0.15, -0.1) is 0 Å². The van der Waals surface area contributed by atoms with Crippen molar-refractivity contribution in [1.82, 2.24) is 10.3 Å². The topological polar surface area (TPSA) is 37.3 Å². The molecule has 0 saturated heterocycles. The summed E-state index contributed by atoms with van der Waals surface area (Å²) in [7, 11) is 0. The lowest BCUT2D eigenvalue weighted by atomic mass is 9.97. The lowest BCUT2D eigenvalue weighted by Crippen LogP contribution is -2.24. The number of allylic oxidation sites excluding steroid dienone is 9. The van der Waals surface area contributed by atoms with E-state index in [1.54, 1.807) is 0 Å². The van der Waals surface area contributed by atoms with Crippen LogP contribution in [0.25, 0.3) is 49.5 Å². The van der Waals surface area contributed by atoms with Crippen molar-refractivity contribution in [2.24, 2.45) is 4.99 Å². The first-order chi connectivity index (χ1) is 25.2. The second-order valence-electron chi connectivity index (χ2n) is 13.0. The highest BCUT2D eigenvalue weighted by molar-refractivity contribution is 6.03. The number of benzene rings is 4. The molecular formula is C48H39N3. The average molecular weight is 658 g/mol. The van der Waals surface area contributed by atoms with E-state index in [-0.39, 0.29) is 6.17 Å². The zero-order chi connectivity index (χ0) is 34.4. The molecule has 0 amide bonds. The fraction of sp³-hybridized carbons (Fsp3) is 0.125. The predicted molar refractivity (Wildman–Crippen MR) is 214 cm³/mol. The maximum absolute atomic E-state index is 5.22. The van der Waals surface area contributed by atoms with E-state index in [1.807, 2.05) is 18.5 Å². The number of hydrogen-bond donors (Lipinski definition) is 1. The van der Waals surface area contributed by atoms with E-state index in [1.165, 1.54) is 33.0 Å². The van der Waals surface area contributed by atoms with Crippen LogP contribution in [0.1, 0.15) is 49.9 Å². The van der Waals surface area contributed by atoms with Crippen LogP contribution in [-0.2, 0) is 0 Å². The van der Waals surface area contributed by atoms with Crippen LogP contribution in [0.4, 0.5) is 0 Å². The minimum Gasteiger partial charge on any atom is -0.359 e. The maximum Gasteiger partial charge on any atom is 0.145 e. The summed E-state index contributed by atoms with van der Waals surface area (Å²) in [6.45, 7) is 2.19. The van der Waals surface area contributed by atoms with Gasteiger partial charge in [0.15, 0.2) is 0 Å². The summed E-state index contributed by atoms with van der Waals surface area (Å²) in [6, 6.07) is 43.4. The molecule has 1 aromatic heterocycles. The van der Waals surface area contributed by atoms with Crippen LogP contribution in [0.2, 0.25) is 0 Å². The minimum atomic E-state index is -0.232. The molecular weight excluding hydrogens is 619 g/mol. The van der Waals surface area contributed by atoms with Gasteiger partial charge >= 0.3 is 0 Å². The largest absolute Gasteiger partial charge is 0.359 e. The van der Waals surface area contributed by atoms with E-state index in [2.05, 4.69) is 169 Å². The minimum absolute atomic E-state index is 0.232. The molecule has 51 heavy (non-hydrogen) atoms. The van der Waals surface area contributed by atoms with Gasteiger partial charge in [0.25, 0.3) is 0 Å². The molecule has 1 aliphatic heterocycles. The molecule has 8 rings (SSSR count). The smallest absolute Gasteiger partial charge is 0.145 e. The van der Waals surface area contributed by atoms with Crippen molar-refractivity contribution in [1.29, 1.82) is 0 Å². The fourth-order valence-corrected chi connectivity index (χ4v) is 6.91. The molecule has 1 N–H and O–H groups in total. The molecule has 0 bridgehead atoms. The summed E-state index contributed by atoms with van der Waals surface area (Å²) < 4.78 is 0. The van der Waals surface area contributed by atoms with Crippen LogP contribution < -0.4 is 5.32 Å². The van der Waals surface area contributed by atoms with Gasteiger partial charge in [-0.1, -0.05) is 140 Å². The second kappa shape index (κ2) is 14.7. The van der Waals surface area contributed by atoms with Gasteiger partial charge < -0.3 is 5.32 Å². The van der Waals surface area contributed by atoms with Crippen LogP contribution in [0.15, 0.2) is 174 Å². The first-order valence-electron chi connectivity index (χ1n) is 17.9. The summed E-state index contributed by atoms with van der Waals surface area (Å²) in [6.07, 6.45) is 23.3. The third-order valence-corrected chi connectivity index (χ3v) is 9.58. The Morgan fingerprint density at radius 2 is 1.59 bits per heavy atom. The number of fused-ring (bicyclic) bond motifs is 2. The Labute approximate surface area is 300 Å². The highest BCUT2D eigenvalue weighted by Crippen LogP contribution is 2.31. The van der Waals surface area contributed by atoms with Crippen LogP contribution >= 0.6 is 0 Å². The van der Waals surface area contributed by atoms with Gasteiger partial charge in [0.2, 0.25) is 0 Å². The van der Waals surface area contributed by atoms with Crippen molar-refractivity contribution in [3.05, 3.63) is 192 Å². The van der Waals surface area contributed by atoms with Crippen LogP contribution in [0, 0.1) is 12.1 Å². The summed E-state index contributed by atoms with van der Waals surface area (Å²) >= 11 is 0. The molecule has 0 saturated carbocycles. The molecule has 1 atom stereocenters. The lowest BCUT2D eigenvalue weighted by molar-refractivity contribution is 0.662. The molecule has 0 fully saturated rings. The first-order valence-corrected chi connectivity index (χ1v) is 17.9. The van der Waals surface area contributed by atoms with Crippen molar-refractivity contribution in [3.63, 3.8) is 0 Å². The van der Waals surface area contributed by atoms with Gasteiger partial charge in [-0.25, -0.2) is 0 Å². The second-order valence-corrected chi connectivity index (χ2v) is 13.0. The number of hydrogen-bond acceptors (Lipinski definition) is 3. The Morgan fingerprint density at radius 3 is 2.39 bits per heavy atom. The van der Waals surface area contributed by atoms with E-state index in [0.717, 1.165) is 70.1 Å². The quantitative estimate of drug-likeness (QED) is 0.157. The Morgan fingerprint density at radius 1 is 0.804 bits per heavy atom. The number of nitrogens with one attached hydrogen (secondary N) is 1. The molecule has 3 nitrogen and oxygen atoms in total. The Balaban J connectivity index is 1.09. The van der Waals surface area contributed by atoms with E-state index < -0.39 is 0 Å². The Kier molecular flexibility index (Phi) is 9.23. The molecule has 2 aliphatic rings. The number of rotatable bonds is 9. The van der Waals surface area contributed by atoms with Gasteiger partial charge in [0, 0.05) is 46.6 Å². The third kappa shape index (κ3) is 7.09. The van der Waals surface area contributed by atoms with Crippen LogP contribution in [-0.4, -0.2) is 10.7 Å². The SMILES string of the molecule is CC/C=C(\C=C/CC1=NC(c2ccc(-c3ccc4ccccc4c3)cc2)NC(c2c#cc(-c3cncc4ccccc34)cc2)=C1)C1=CCCC=C1. The number of pyridine rings is 1. The van der Waals surface area contributed by atoms with E-state index in [4.69, 9.17) is 4.99 Å². The van der Waals surface area contributed by atoms with Crippen LogP contribution in [0.5, 0.6) is 0 Å². The van der Waals surface area contributed by atoms with Gasteiger partial charge in [0.1, 0.15) is 6.17 Å². The highest BCUT2D eigenvalue weighted by atomic mass is 15.1. The average Bonchev–Trinajstić information content (AvgIpc) is 3.20. The summed E-state index contributed by atoms with van der Waals surface area (Å²) in [5.74, 6) is 0. The molecule has 0 radical (unpaired) electrons. The summed E-state index contributed by atoms with van der Waals surface area (Å²) in [4.78, 5) is 9.71. The molecule has 0 spiro atoms. The highest BCUT2D eigenvalue weighted by Gasteiger charge is 2.19. The summed E-state index contributed by atoms with van der Waals surface area (Å²) in [5, 5.41) is 8.48. The number of aromatic nitrogens is 1.